The van der Waals surface area contributed by atoms with Crippen LogP contribution in [-0.2, 0) is 14.3 Å². The summed E-state index contributed by atoms with van der Waals surface area (Å²) in [6, 6.07) is -0.622. The highest BCUT2D eigenvalue weighted by Crippen LogP contribution is 2.26. The summed E-state index contributed by atoms with van der Waals surface area (Å²) in [5.74, 6) is -1.08. The number of likely N-dealkylation sites (tertiary alicyclic amines) is 1. The Balaban J connectivity index is 2.01. The van der Waals surface area contributed by atoms with Crippen LogP contribution in [-0.4, -0.2) is 47.2 Å². The minimum Gasteiger partial charge on any atom is -0.480 e. The van der Waals surface area contributed by atoms with E-state index >= 15 is 0 Å². The average Bonchev–Trinajstić information content (AvgIpc) is 2.84. The number of hydrogen-bond acceptors (Lipinski definition) is 3. The molecular formula is C11H17NO4. The molecule has 2 aliphatic rings. The zero-order valence-electron chi connectivity index (χ0n) is 9.39. The Hall–Kier alpha value is -1.10. The van der Waals surface area contributed by atoms with Crippen LogP contribution in [0.4, 0.5) is 0 Å². The molecule has 0 aromatic rings. The third-order valence-corrected chi connectivity index (χ3v) is 3.37. The first-order valence-corrected chi connectivity index (χ1v) is 5.74. The molecule has 0 aliphatic carbocycles. The summed E-state index contributed by atoms with van der Waals surface area (Å²) in [6.07, 6.45) is 2.18. The van der Waals surface area contributed by atoms with Crippen molar-refractivity contribution in [1.82, 2.24) is 4.90 Å². The van der Waals surface area contributed by atoms with Gasteiger partial charge in [0.15, 0.2) is 0 Å². The van der Waals surface area contributed by atoms with Gasteiger partial charge in [-0.25, -0.2) is 4.79 Å². The largest absolute Gasteiger partial charge is 0.480 e. The van der Waals surface area contributed by atoms with Crippen molar-refractivity contribution in [2.75, 3.05) is 13.2 Å². The lowest BCUT2D eigenvalue weighted by molar-refractivity contribution is -0.149. The summed E-state index contributed by atoms with van der Waals surface area (Å²) in [5.41, 5.74) is 0. The van der Waals surface area contributed by atoms with Gasteiger partial charge in [-0.15, -0.1) is 0 Å². The molecule has 0 spiro atoms. The first-order chi connectivity index (χ1) is 7.59. The number of amides is 1. The minimum absolute atomic E-state index is 0.0470. The van der Waals surface area contributed by atoms with Crippen LogP contribution < -0.4 is 0 Å². The summed E-state index contributed by atoms with van der Waals surface area (Å²) >= 11 is 0. The second kappa shape index (κ2) is 4.41. The Bertz CT molecular complexity index is 304. The zero-order chi connectivity index (χ0) is 11.7. The van der Waals surface area contributed by atoms with Gasteiger partial charge in [0.2, 0.25) is 5.91 Å². The van der Waals surface area contributed by atoms with Crippen LogP contribution in [0.1, 0.15) is 26.2 Å². The van der Waals surface area contributed by atoms with E-state index < -0.39 is 12.0 Å². The predicted octanol–water partition coefficient (Wildman–Crippen LogP) is 0.487. The molecule has 1 amide bonds. The molecule has 0 aromatic heterocycles. The van der Waals surface area contributed by atoms with Crippen molar-refractivity contribution in [2.24, 2.45) is 5.92 Å². The van der Waals surface area contributed by atoms with Crippen LogP contribution in [0.2, 0.25) is 0 Å². The zero-order valence-corrected chi connectivity index (χ0v) is 9.39. The average molecular weight is 227 g/mol. The van der Waals surface area contributed by atoms with Gasteiger partial charge in [0.1, 0.15) is 6.04 Å². The van der Waals surface area contributed by atoms with Crippen molar-refractivity contribution in [3.05, 3.63) is 0 Å². The second-order valence-corrected chi connectivity index (χ2v) is 4.60. The summed E-state index contributed by atoms with van der Waals surface area (Å²) in [4.78, 5) is 24.6. The lowest BCUT2D eigenvalue weighted by Crippen LogP contribution is -2.43. The normalized spacial score (nSPS) is 34.3. The van der Waals surface area contributed by atoms with Crippen LogP contribution in [0.5, 0.6) is 0 Å². The Kier molecular flexibility index (Phi) is 3.14. The van der Waals surface area contributed by atoms with Crippen LogP contribution in [0.3, 0.4) is 0 Å². The molecule has 5 nitrogen and oxygen atoms in total. The molecule has 2 aliphatic heterocycles. The molecule has 5 heteroatoms. The number of nitrogens with zero attached hydrogens (tertiary/aromatic N) is 1. The molecule has 0 radical (unpaired) electrons. The lowest BCUT2D eigenvalue weighted by Gasteiger charge is -2.24. The lowest BCUT2D eigenvalue weighted by atomic mass is 10.0. The molecule has 0 saturated carbocycles. The van der Waals surface area contributed by atoms with Crippen LogP contribution >= 0.6 is 0 Å². The Morgan fingerprint density at radius 2 is 2.19 bits per heavy atom. The molecule has 3 atom stereocenters. The molecule has 0 bridgehead atoms. The maximum Gasteiger partial charge on any atom is 0.326 e. The third kappa shape index (κ3) is 2.04. The SMILES string of the molecule is CC1CC(C(=O)N2CCC[C@H]2C(=O)O)CO1. The monoisotopic (exact) mass is 227 g/mol. The topological polar surface area (TPSA) is 66.8 Å². The summed E-state index contributed by atoms with van der Waals surface area (Å²) in [6.45, 7) is 2.94. The minimum atomic E-state index is -0.891. The molecule has 1 N–H and O–H groups in total. The highest BCUT2D eigenvalue weighted by atomic mass is 16.5. The van der Waals surface area contributed by atoms with E-state index in [4.69, 9.17) is 9.84 Å². The van der Waals surface area contributed by atoms with Gasteiger partial charge in [0, 0.05) is 6.54 Å². The van der Waals surface area contributed by atoms with E-state index in [0.717, 1.165) is 6.42 Å². The van der Waals surface area contributed by atoms with Gasteiger partial charge in [-0.1, -0.05) is 0 Å². The molecular weight excluding hydrogens is 210 g/mol. The van der Waals surface area contributed by atoms with E-state index in [1.54, 1.807) is 0 Å². The van der Waals surface area contributed by atoms with Crippen LogP contribution in [0, 0.1) is 5.92 Å². The summed E-state index contributed by atoms with van der Waals surface area (Å²) in [7, 11) is 0. The Morgan fingerprint density at radius 1 is 1.44 bits per heavy atom. The van der Waals surface area contributed by atoms with E-state index in [1.165, 1.54) is 4.90 Å². The van der Waals surface area contributed by atoms with Gasteiger partial charge in [-0.05, 0) is 26.2 Å². The molecule has 2 saturated heterocycles. The van der Waals surface area contributed by atoms with E-state index in [1.807, 2.05) is 6.92 Å². The van der Waals surface area contributed by atoms with Gasteiger partial charge in [-0.3, -0.25) is 4.79 Å². The van der Waals surface area contributed by atoms with Crippen molar-refractivity contribution in [2.45, 2.75) is 38.3 Å². The number of rotatable bonds is 2. The van der Waals surface area contributed by atoms with Gasteiger partial charge in [0.25, 0.3) is 0 Å². The standard InChI is InChI=1S/C11H17NO4/c1-7-5-8(6-16-7)10(13)12-4-2-3-9(12)11(14)15/h7-9H,2-6H2,1H3,(H,14,15)/t7?,8?,9-/m0/s1. The van der Waals surface area contributed by atoms with Gasteiger partial charge in [-0.2, -0.15) is 0 Å². The highest BCUT2D eigenvalue weighted by Gasteiger charge is 2.39. The first-order valence-electron chi connectivity index (χ1n) is 5.74. The number of carboxylic acids is 1. The van der Waals surface area contributed by atoms with Crippen LogP contribution in [0.25, 0.3) is 0 Å². The maximum atomic E-state index is 12.1. The fourth-order valence-corrected chi connectivity index (χ4v) is 2.51. The molecule has 2 heterocycles. The summed E-state index contributed by atoms with van der Waals surface area (Å²) in [5, 5.41) is 9.00. The number of carbonyl (C=O) groups excluding carboxylic acids is 1. The van der Waals surface area contributed by atoms with Crippen molar-refractivity contribution in [1.29, 1.82) is 0 Å². The maximum absolute atomic E-state index is 12.1. The van der Waals surface area contributed by atoms with Gasteiger partial charge >= 0.3 is 5.97 Å². The quantitative estimate of drug-likeness (QED) is 0.745. The number of carboxylic acid groups (broad SMARTS) is 1. The molecule has 16 heavy (non-hydrogen) atoms. The predicted molar refractivity (Wildman–Crippen MR) is 55.9 cm³/mol. The van der Waals surface area contributed by atoms with E-state index in [2.05, 4.69) is 0 Å². The summed E-state index contributed by atoms with van der Waals surface area (Å²) < 4.78 is 5.35. The van der Waals surface area contributed by atoms with Crippen molar-refractivity contribution in [3.8, 4) is 0 Å². The molecule has 2 fully saturated rings. The number of carbonyl (C=O) groups is 2. The van der Waals surface area contributed by atoms with Crippen LogP contribution in [0.15, 0.2) is 0 Å². The third-order valence-electron chi connectivity index (χ3n) is 3.37. The fourth-order valence-electron chi connectivity index (χ4n) is 2.51. The molecule has 90 valence electrons. The molecule has 2 rings (SSSR count). The molecule has 2 unspecified atom stereocenters. The molecule has 0 aromatic carbocycles. The van der Waals surface area contributed by atoms with Crippen molar-refractivity contribution in [3.63, 3.8) is 0 Å². The number of hydrogen-bond donors (Lipinski definition) is 1. The van der Waals surface area contributed by atoms with Crippen molar-refractivity contribution >= 4 is 11.9 Å². The first kappa shape index (κ1) is 11.4. The Labute approximate surface area is 94.4 Å². The highest BCUT2D eigenvalue weighted by molar-refractivity contribution is 5.85. The fraction of sp³-hybridized carbons (Fsp3) is 0.818. The smallest absolute Gasteiger partial charge is 0.326 e. The van der Waals surface area contributed by atoms with Gasteiger partial charge in [0.05, 0.1) is 18.6 Å². The number of ether oxygens (including phenoxy) is 1. The van der Waals surface area contributed by atoms with E-state index in [-0.39, 0.29) is 17.9 Å². The Morgan fingerprint density at radius 3 is 2.75 bits per heavy atom. The number of aliphatic carboxylic acids is 1. The van der Waals surface area contributed by atoms with Crippen molar-refractivity contribution < 1.29 is 19.4 Å². The van der Waals surface area contributed by atoms with Gasteiger partial charge < -0.3 is 14.7 Å². The van der Waals surface area contributed by atoms with E-state index in [0.29, 0.717) is 26.0 Å². The van der Waals surface area contributed by atoms with E-state index in [9.17, 15) is 9.59 Å². The second-order valence-electron chi connectivity index (χ2n) is 4.60.